The van der Waals surface area contributed by atoms with E-state index >= 15 is 0 Å². The molecule has 0 fully saturated rings. The molecular weight excluding hydrogens is 309 g/mol. The molecule has 116 valence electrons. The van der Waals surface area contributed by atoms with Crippen LogP contribution in [0.4, 0.5) is 26.3 Å². The summed E-state index contributed by atoms with van der Waals surface area (Å²) in [5.74, 6) is 0. The molecule has 0 saturated heterocycles. The maximum absolute atomic E-state index is 12.9. The fourth-order valence-corrected chi connectivity index (χ4v) is 2.15. The van der Waals surface area contributed by atoms with Crippen molar-refractivity contribution >= 4 is 17.8 Å². The van der Waals surface area contributed by atoms with Crippen molar-refractivity contribution in [3.05, 3.63) is 59.7 Å². The van der Waals surface area contributed by atoms with Gasteiger partial charge < -0.3 is 5.02 Å². The van der Waals surface area contributed by atoms with Gasteiger partial charge in [-0.1, -0.05) is 48.5 Å². The van der Waals surface area contributed by atoms with Crippen molar-refractivity contribution in [3.8, 4) is 0 Å². The topological polar surface area (TPSA) is 20.2 Å². The number of benzene rings is 2. The van der Waals surface area contributed by atoms with E-state index in [4.69, 9.17) is 0 Å². The first-order chi connectivity index (χ1) is 10.1. The van der Waals surface area contributed by atoms with Crippen LogP contribution in [0, 0.1) is 0 Å². The van der Waals surface area contributed by atoms with E-state index in [1.807, 2.05) is 0 Å². The van der Waals surface area contributed by atoms with Gasteiger partial charge in [-0.15, -0.1) is 0 Å². The van der Waals surface area contributed by atoms with Crippen molar-refractivity contribution in [1.82, 2.24) is 0 Å². The summed E-state index contributed by atoms with van der Waals surface area (Å²) in [6, 6.07) is 8.02. The molecule has 1 nitrogen and oxygen atoms in total. The molecule has 0 aliphatic rings. The van der Waals surface area contributed by atoms with E-state index in [-0.39, 0.29) is 0 Å². The Morgan fingerprint density at radius 3 is 1.27 bits per heavy atom. The lowest BCUT2D eigenvalue weighted by molar-refractivity contribution is -0.137. The Hall–Kier alpha value is -1.96. The maximum atomic E-state index is 12.9. The smallest absolute Gasteiger partial charge is 0.416 e. The summed E-state index contributed by atoms with van der Waals surface area (Å²) in [6.07, 6.45) is -9.55. The highest BCUT2D eigenvalue weighted by atomic mass is 19.4. The van der Waals surface area contributed by atoms with Crippen LogP contribution in [0.1, 0.15) is 11.1 Å². The predicted molar refractivity (Wildman–Crippen MR) is 70.1 cm³/mol. The summed E-state index contributed by atoms with van der Waals surface area (Å²) in [5, 5.41) is 10.1. The molecule has 0 atom stereocenters. The quantitative estimate of drug-likeness (QED) is 0.667. The van der Waals surface area contributed by atoms with Crippen molar-refractivity contribution in [1.29, 1.82) is 0 Å². The van der Waals surface area contributed by atoms with Crippen molar-refractivity contribution in [3.63, 3.8) is 0 Å². The molecule has 0 bridgehead atoms. The zero-order valence-electron chi connectivity index (χ0n) is 10.9. The molecule has 2 aromatic carbocycles. The van der Waals surface area contributed by atoms with E-state index < -0.39 is 41.3 Å². The van der Waals surface area contributed by atoms with E-state index in [2.05, 4.69) is 0 Å². The first-order valence-corrected chi connectivity index (χ1v) is 6.12. The van der Waals surface area contributed by atoms with E-state index in [1.54, 1.807) is 0 Å². The molecule has 0 saturated carbocycles. The second kappa shape index (κ2) is 5.68. The van der Waals surface area contributed by atoms with Crippen LogP contribution in [0.25, 0.3) is 0 Å². The fraction of sp³-hybridized carbons (Fsp3) is 0.143. The second-order valence-electron chi connectivity index (χ2n) is 4.57. The van der Waals surface area contributed by atoms with Crippen molar-refractivity contribution in [2.45, 2.75) is 12.4 Å². The minimum Gasteiger partial charge on any atom is -0.443 e. The summed E-state index contributed by atoms with van der Waals surface area (Å²) in [5.41, 5.74) is -3.57. The van der Waals surface area contributed by atoms with Crippen LogP contribution in [0.15, 0.2) is 48.5 Å². The Morgan fingerprint density at radius 1 is 0.636 bits per heavy atom. The van der Waals surface area contributed by atoms with Crippen molar-refractivity contribution in [2.75, 3.05) is 0 Å². The number of hydrogen-bond donors (Lipinski definition) is 1. The minimum absolute atomic E-state index is 0.619. The van der Waals surface area contributed by atoms with Crippen molar-refractivity contribution in [2.24, 2.45) is 0 Å². The van der Waals surface area contributed by atoms with Crippen LogP contribution in [0.5, 0.6) is 0 Å². The molecule has 0 radical (unpaired) electrons. The highest BCUT2D eigenvalue weighted by molar-refractivity contribution is 6.79. The lowest BCUT2D eigenvalue weighted by atomic mass is 9.53. The van der Waals surface area contributed by atoms with Crippen LogP contribution in [0.3, 0.4) is 0 Å². The van der Waals surface area contributed by atoms with Crippen LogP contribution >= 0.6 is 0 Å². The third-order valence-electron chi connectivity index (χ3n) is 3.12. The third-order valence-corrected chi connectivity index (χ3v) is 3.12. The Morgan fingerprint density at radius 2 is 0.955 bits per heavy atom. The predicted octanol–water partition coefficient (Wildman–Crippen LogP) is 2.82. The lowest BCUT2D eigenvalue weighted by Crippen LogP contribution is -2.48. The first kappa shape index (κ1) is 16.4. The zero-order chi connectivity index (χ0) is 16.5. The number of rotatable bonds is 2. The van der Waals surface area contributed by atoms with E-state index in [0.29, 0.717) is 0 Å². The van der Waals surface area contributed by atoms with Gasteiger partial charge in [0.25, 0.3) is 0 Å². The van der Waals surface area contributed by atoms with Gasteiger partial charge in [0.1, 0.15) is 0 Å². The van der Waals surface area contributed by atoms with Gasteiger partial charge in [-0.2, -0.15) is 26.3 Å². The van der Waals surface area contributed by atoms with Gasteiger partial charge in [-0.05, 0) is 10.9 Å². The van der Waals surface area contributed by atoms with Crippen LogP contribution in [0.2, 0.25) is 0 Å². The summed E-state index contributed by atoms with van der Waals surface area (Å²) in [6.45, 7) is -2.03. The summed E-state index contributed by atoms with van der Waals surface area (Å²) in [4.78, 5) is 0. The van der Waals surface area contributed by atoms with Gasteiger partial charge in [0.05, 0.1) is 11.1 Å². The van der Waals surface area contributed by atoms with Gasteiger partial charge in [0, 0.05) is 0 Å². The van der Waals surface area contributed by atoms with Gasteiger partial charge in [0.15, 0.2) is 0 Å². The number of hydrogen-bond acceptors (Lipinski definition) is 1. The molecule has 0 unspecified atom stereocenters. The Bertz CT molecular complexity index is 607. The van der Waals surface area contributed by atoms with E-state index in [1.165, 1.54) is 12.1 Å². The number of halogens is 6. The van der Waals surface area contributed by atoms with Gasteiger partial charge in [-0.25, -0.2) is 0 Å². The molecule has 0 aromatic heterocycles. The molecule has 22 heavy (non-hydrogen) atoms. The average Bonchev–Trinajstić information content (AvgIpc) is 2.45. The molecule has 8 heteroatoms. The molecular formula is C14H9BF6O. The zero-order valence-corrected chi connectivity index (χ0v) is 10.9. The summed E-state index contributed by atoms with van der Waals surface area (Å²) >= 11 is 0. The van der Waals surface area contributed by atoms with Crippen molar-refractivity contribution < 1.29 is 31.4 Å². The van der Waals surface area contributed by atoms with E-state index in [9.17, 15) is 31.4 Å². The minimum atomic E-state index is -4.77. The molecule has 0 aliphatic carbocycles. The molecule has 2 rings (SSSR count). The largest absolute Gasteiger partial charge is 0.443 e. The lowest BCUT2D eigenvalue weighted by Gasteiger charge is -2.18. The fourth-order valence-electron chi connectivity index (χ4n) is 2.15. The SMILES string of the molecule is OB(c1ccccc1C(F)(F)F)c1ccccc1C(F)(F)F. The molecule has 0 aliphatic heterocycles. The molecule has 0 heterocycles. The molecule has 1 N–H and O–H groups in total. The normalized spacial score (nSPS) is 12.3. The highest BCUT2D eigenvalue weighted by Gasteiger charge is 2.40. The average molecular weight is 318 g/mol. The molecule has 0 amide bonds. The first-order valence-electron chi connectivity index (χ1n) is 6.12. The monoisotopic (exact) mass is 318 g/mol. The molecule has 0 spiro atoms. The Kier molecular flexibility index (Phi) is 4.24. The molecule has 2 aromatic rings. The third kappa shape index (κ3) is 3.27. The van der Waals surface area contributed by atoms with Crippen LogP contribution < -0.4 is 10.9 Å². The van der Waals surface area contributed by atoms with Gasteiger partial charge in [0.2, 0.25) is 0 Å². The second-order valence-corrected chi connectivity index (χ2v) is 4.57. The maximum Gasteiger partial charge on any atom is 0.416 e. The van der Waals surface area contributed by atoms with Crippen LogP contribution in [-0.2, 0) is 12.4 Å². The van der Waals surface area contributed by atoms with Crippen LogP contribution in [-0.4, -0.2) is 11.9 Å². The van der Waals surface area contributed by atoms with E-state index in [0.717, 1.165) is 36.4 Å². The summed E-state index contributed by atoms with van der Waals surface area (Å²) in [7, 11) is 0. The summed E-state index contributed by atoms with van der Waals surface area (Å²) < 4.78 is 77.6. The van der Waals surface area contributed by atoms with Gasteiger partial charge >= 0.3 is 19.3 Å². The van der Waals surface area contributed by atoms with Gasteiger partial charge in [-0.3, -0.25) is 0 Å². The Labute approximate surface area is 122 Å². The highest BCUT2D eigenvalue weighted by Crippen LogP contribution is 2.30. The Balaban J connectivity index is 2.58. The number of alkyl halides is 6. The standard InChI is InChI=1S/C14H9BF6O/c16-13(17,18)9-5-1-3-7-11(9)15(22)12-8-4-2-6-10(12)14(19,20)21/h1-8,22H.